The van der Waals surface area contributed by atoms with E-state index in [4.69, 9.17) is 14.8 Å². The summed E-state index contributed by atoms with van der Waals surface area (Å²) < 4.78 is 31.3. The van der Waals surface area contributed by atoms with Crippen molar-refractivity contribution in [2.45, 2.75) is 49.5 Å². The van der Waals surface area contributed by atoms with Crippen molar-refractivity contribution in [3.05, 3.63) is 72.2 Å². The Hall–Kier alpha value is -4.12. The predicted octanol–water partition coefficient (Wildman–Crippen LogP) is 4.61. The molecule has 2 aromatic carbocycles. The number of H-pyrrole nitrogens is 1. The Morgan fingerprint density at radius 1 is 0.974 bits per heavy atom. The highest BCUT2D eigenvalue weighted by molar-refractivity contribution is 7.90. The average molecular weight is 530 g/mol. The van der Waals surface area contributed by atoms with E-state index in [1.807, 2.05) is 35.0 Å². The van der Waals surface area contributed by atoms with Crippen molar-refractivity contribution in [1.82, 2.24) is 35.2 Å². The van der Waals surface area contributed by atoms with Gasteiger partial charge < -0.3 is 4.74 Å². The Morgan fingerprint density at radius 3 is 2.42 bits per heavy atom. The van der Waals surface area contributed by atoms with E-state index in [1.54, 1.807) is 30.5 Å². The van der Waals surface area contributed by atoms with Gasteiger partial charge in [-0.2, -0.15) is 5.10 Å². The molecular formula is C27H27N7O3S. The first-order chi connectivity index (χ1) is 18.5. The number of hydrogen-bond acceptors (Lipinski definition) is 8. The van der Waals surface area contributed by atoms with Crippen LogP contribution in [0.4, 0.5) is 0 Å². The Bertz CT molecular complexity index is 1660. The second-order valence-electron chi connectivity index (χ2n) is 9.66. The molecule has 0 aliphatic heterocycles. The second kappa shape index (κ2) is 9.97. The van der Waals surface area contributed by atoms with Gasteiger partial charge in [-0.05, 0) is 58.7 Å². The molecule has 1 aliphatic carbocycles. The third-order valence-electron chi connectivity index (χ3n) is 7.08. The summed E-state index contributed by atoms with van der Waals surface area (Å²) in [4.78, 5) is 5.06. The highest BCUT2D eigenvalue weighted by atomic mass is 32.2. The molecular weight excluding hydrogens is 502 g/mol. The van der Waals surface area contributed by atoms with Gasteiger partial charge in [-0.1, -0.05) is 43.5 Å². The minimum Gasteiger partial charge on any atom is -0.489 e. The van der Waals surface area contributed by atoms with E-state index < -0.39 is 9.84 Å². The Labute approximate surface area is 220 Å². The van der Waals surface area contributed by atoms with Crippen LogP contribution in [0.2, 0.25) is 0 Å². The van der Waals surface area contributed by atoms with Crippen molar-refractivity contribution >= 4 is 15.5 Å². The average Bonchev–Trinajstić information content (AvgIpc) is 3.62. The van der Waals surface area contributed by atoms with Crippen LogP contribution in [0.1, 0.15) is 49.3 Å². The summed E-state index contributed by atoms with van der Waals surface area (Å²) in [7, 11) is -3.22. The van der Waals surface area contributed by atoms with E-state index >= 15 is 0 Å². The molecule has 0 unspecified atom stereocenters. The molecule has 10 nitrogen and oxygen atoms in total. The van der Waals surface area contributed by atoms with Crippen LogP contribution in [0.3, 0.4) is 0 Å². The molecule has 0 radical (unpaired) electrons. The minimum absolute atomic E-state index is 0.298. The quantitative estimate of drug-likeness (QED) is 0.324. The highest BCUT2D eigenvalue weighted by Gasteiger charge is 2.25. The van der Waals surface area contributed by atoms with Crippen molar-refractivity contribution < 1.29 is 13.2 Å². The zero-order valence-electron chi connectivity index (χ0n) is 20.9. The molecule has 0 spiro atoms. The lowest BCUT2D eigenvalue weighted by Gasteiger charge is -2.25. The van der Waals surface area contributed by atoms with Crippen LogP contribution in [-0.4, -0.2) is 49.9 Å². The normalized spacial score (nSPS) is 14.7. The standard InChI is InChI=1S/C27H27N7O3S/c1-38(35,36)22-13-7-18(8-14-22)17-37-21-11-9-19(10-12-21)23-15-28-27-24(26-30-32-33-31-26)16-29-34(27)25(23)20-5-3-2-4-6-20/h7-16,20H,2-6,17H2,1H3,(H,30,31,32,33). The molecule has 1 N–H and O–H groups in total. The summed E-state index contributed by atoms with van der Waals surface area (Å²) in [5.74, 6) is 1.66. The number of aromatic nitrogens is 7. The van der Waals surface area contributed by atoms with E-state index in [9.17, 15) is 8.42 Å². The molecule has 3 aromatic heterocycles. The fourth-order valence-electron chi connectivity index (χ4n) is 5.11. The first-order valence-corrected chi connectivity index (χ1v) is 14.5. The summed E-state index contributed by atoms with van der Waals surface area (Å²) >= 11 is 0. The molecule has 0 saturated heterocycles. The Morgan fingerprint density at radius 2 is 1.74 bits per heavy atom. The van der Waals surface area contributed by atoms with E-state index in [1.165, 1.54) is 25.5 Å². The van der Waals surface area contributed by atoms with Gasteiger partial charge in [0.2, 0.25) is 0 Å². The number of ether oxygens (including phenoxy) is 1. The number of aromatic amines is 1. The lowest BCUT2D eigenvalue weighted by Crippen LogP contribution is -2.12. The summed E-state index contributed by atoms with van der Waals surface area (Å²) in [5.41, 5.74) is 5.66. The summed E-state index contributed by atoms with van der Waals surface area (Å²) in [6, 6.07) is 14.7. The first kappa shape index (κ1) is 24.2. The number of hydrogen-bond donors (Lipinski definition) is 1. The molecule has 3 heterocycles. The molecule has 0 bridgehead atoms. The van der Waals surface area contributed by atoms with Gasteiger partial charge in [0.25, 0.3) is 0 Å². The van der Waals surface area contributed by atoms with Gasteiger partial charge in [0.05, 0.1) is 22.3 Å². The molecule has 194 valence electrons. The summed E-state index contributed by atoms with van der Waals surface area (Å²) in [5, 5.41) is 19.0. The van der Waals surface area contributed by atoms with Gasteiger partial charge in [0.15, 0.2) is 21.3 Å². The van der Waals surface area contributed by atoms with E-state index in [2.05, 4.69) is 20.6 Å². The topological polar surface area (TPSA) is 128 Å². The van der Waals surface area contributed by atoms with Crippen LogP contribution in [0.5, 0.6) is 5.75 Å². The zero-order valence-corrected chi connectivity index (χ0v) is 21.7. The van der Waals surface area contributed by atoms with E-state index in [-0.39, 0.29) is 0 Å². The van der Waals surface area contributed by atoms with E-state index in [0.29, 0.717) is 23.2 Å². The van der Waals surface area contributed by atoms with Gasteiger partial charge in [-0.15, -0.1) is 5.10 Å². The number of nitrogens with one attached hydrogen (secondary N) is 1. The largest absolute Gasteiger partial charge is 0.489 e. The Balaban J connectivity index is 1.28. The van der Waals surface area contributed by atoms with Gasteiger partial charge in [0, 0.05) is 23.9 Å². The maximum atomic E-state index is 11.7. The molecule has 1 saturated carbocycles. The van der Waals surface area contributed by atoms with Crippen LogP contribution in [0.25, 0.3) is 28.2 Å². The van der Waals surface area contributed by atoms with Crippen LogP contribution in [0.15, 0.2) is 65.8 Å². The maximum Gasteiger partial charge on any atom is 0.184 e. The number of sulfone groups is 1. The third-order valence-corrected chi connectivity index (χ3v) is 8.21. The number of fused-ring (bicyclic) bond motifs is 1. The third kappa shape index (κ3) is 4.76. The van der Waals surface area contributed by atoms with Gasteiger partial charge in [-0.25, -0.2) is 23.0 Å². The van der Waals surface area contributed by atoms with Crippen LogP contribution >= 0.6 is 0 Å². The summed E-state index contributed by atoms with van der Waals surface area (Å²) in [6.07, 6.45) is 10.8. The molecule has 38 heavy (non-hydrogen) atoms. The number of nitrogens with zero attached hydrogens (tertiary/aromatic N) is 6. The Kier molecular flexibility index (Phi) is 6.36. The monoisotopic (exact) mass is 529 g/mol. The highest BCUT2D eigenvalue weighted by Crippen LogP contribution is 2.39. The molecule has 5 aromatic rings. The molecule has 6 rings (SSSR count). The molecule has 0 amide bonds. The lowest BCUT2D eigenvalue weighted by atomic mass is 9.84. The zero-order chi connectivity index (χ0) is 26.1. The smallest absolute Gasteiger partial charge is 0.184 e. The fraction of sp³-hybridized carbons (Fsp3) is 0.296. The van der Waals surface area contributed by atoms with Crippen molar-refractivity contribution in [1.29, 1.82) is 0 Å². The van der Waals surface area contributed by atoms with E-state index in [0.717, 1.165) is 52.2 Å². The van der Waals surface area contributed by atoms with Gasteiger partial charge in [-0.3, -0.25) is 0 Å². The van der Waals surface area contributed by atoms with Gasteiger partial charge >= 0.3 is 0 Å². The number of rotatable bonds is 7. The fourth-order valence-corrected chi connectivity index (χ4v) is 5.74. The SMILES string of the molecule is CS(=O)(=O)c1ccc(COc2ccc(-c3cnc4c(-c5nnn[nH]5)cnn4c3C3CCCCC3)cc2)cc1. The number of benzene rings is 2. The van der Waals surface area contributed by atoms with Crippen molar-refractivity contribution in [3.8, 4) is 28.3 Å². The van der Waals surface area contributed by atoms with Crippen LogP contribution < -0.4 is 4.74 Å². The van der Waals surface area contributed by atoms with Crippen LogP contribution in [-0.2, 0) is 16.4 Å². The summed E-state index contributed by atoms with van der Waals surface area (Å²) in [6.45, 7) is 0.344. The molecule has 1 fully saturated rings. The van der Waals surface area contributed by atoms with Gasteiger partial charge in [0.1, 0.15) is 12.4 Å². The predicted molar refractivity (Wildman–Crippen MR) is 141 cm³/mol. The number of tetrazole rings is 1. The second-order valence-corrected chi connectivity index (χ2v) is 11.7. The molecule has 1 aliphatic rings. The van der Waals surface area contributed by atoms with Crippen LogP contribution in [0, 0.1) is 0 Å². The van der Waals surface area contributed by atoms with Crippen molar-refractivity contribution in [3.63, 3.8) is 0 Å². The first-order valence-electron chi connectivity index (χ1n) is 12.6. The lowest BCUT2D eigenvalue weighted by molar-refractivity contribution is 0.306. The van der Waals surface area contributed by atoms with Crippen molar-refractivity contribution in [2.75, 3.05) is 6.26 Å². The van der Waals surface area contributed by atoms with Crippen molar-refractivity contribution in [2.24, 2.45) is 0 Å². The minimum atomic E-state index is -3.22. The maximum absolute atomic E-state index is 11.7. The molecule has 0 atom stereocenters. The molecule has 11 heteroatoms.